The summed E-state index contributed by atoms with van der Waals surface area (Å²) in [6.45, 7) is 5.58. The smallest absolute Gasteiger partial charge is 0.419 e. The van der Waals surface area contributed by atoms with Gasteiger partial charge in [0.2, 0.25) is 0 Å². The molecule has 4 nitrogen and oxygen atoms in total. The number of hydrogen-bond acceptors (Lipinski definition) is 3. The van der Waals surface area contributed by atoms with E-state index in [1.165, 1.54) is 0 Å². The molecular formula is C21H23NO3. The molecule has 25 heavy (non-hydrogen) atoms. The quantitative estimate of drug-likeness (QED) is 0.758. The Morgan fingerprint density at radius 1 is 1.04 bits per heavy atom. The second-order valence-electron chi connectivity index (χ2n) is 7.00. The van der Waals surface area contributed by atoms with Crippen molar-refractivity contribution in [2.24, 2.45) is 0 Å². The predicted octanol–water partition coefficient (Wildman–Crippen LogP) is 4.63. The maximum absolute atomic E-state index is 13.0. The zero-order valence-electron chi connectivity index (χ0n) is 14.8. The Morgan fingerprint density at radius 2 is 1.68 bits per heavy atom. The summed E-state index contributed by atoms with van der Waals surface area (Å²) in [6.07, 6.45) is 0.0623. The van der Waals surface area contributed by atoms with Crippen molar-refractivity contribution < 1.29 is 14.6 Å². The number of para-hydroxylation sites is 1. The third-order valence-electron chi connectivity index (χ3n) is 3.96. The van der Waals surface area contributed by atoms with E-state index in [2.05, 4.69) is 0 Å². The van der Waals surface area contributed by atoms with Crippen LogP contribution in [0.4, 0.5) is 4.79 Å². The SMILES string of the molecule is CC(C)(C)OC(=O)n1c(-c2ccccc2)c(CCO)c2ccccc21. The van der Waals surface area contributed by atoms with E-state index in [4.69, 9.17) is 4.74 Å². The molecule has 130 valence electrons. The molecule has 0 saturated heterocycles. The molecule has 0 fully saturated rings. The number of carbonyl (C=O) groups is 1. The zero-order valence-corrected chi connectivity index (χ0v) is 14.8. The summed E-state index contributed by atoms with van der Waals surface area (Å²) in [4.78, 5) is 13.0. The van der Waals surface area contributed by atoms with Crippen LogP contribution in [0.3, 0.4) is 0 Å². The fourth-order valence-corrected chi connectivity index (χ4v) is 3.07. The fourth-order valence-electron chi connectivity index (χ4n) is 3.07. The normalized spacial score (nSPS) is 11.7. The number of rotatable bonds is 3. The van der Waals surface area contributed by atoms with Crippen molar-refractivity contribution in [1.29, 1.82) is 0 Å². The summed E-state index contributed by atoms with van der Waals surface area (Å²) in [6, 6.07) is 17.5. The molecule has 1 aromatic heterocycles. The Bertz CT molecular complexity index is 889. The maximum atomic E-state index is 13.0. The van der Waals surface area contributed by atoms with E-state index in [9.17, 15) is 9.90 Å². The highest BCUT2D eigenvalue weighted by Gasteiger charge is 2.25. The van der Waals surface area contributed by atoms with Gasteiger partial charge in [0, 0.05) is 12.0 Å². The van der Waals surface area contributed by atoms with Gasteiger partial charge in [0.15, 0.2) is 0 Å². The van der Waals surface area contributed by atoms with Crippen LogP contribution in [0.1, 0.15) is 26.3 Å². The lowest BCUT2D eigenvalue weighted by Gasteiger charge is -2.21. The summed E-state index contributed by atoms with van der Waals surface area (Å²) in [5.74, 6) is 0. The first-order chi connectivity index (χ1) is 11.9. The van der Waals surface area contributed by atoms with Gasteiger partial charge in [-0.05, 0) is 44.4 Å². The van der Waals surface area contributed by atoms with E-state index < -0.39 is 11.7 Å². The zero-order chi connectivity index (χ0) is 18.0. The van der Waals surface area contributed by atoms with Crippen LogP contribution in [-0.2, 0) is 11.2 Å². The van der Waals surface area contributed by atoms with Crippen LogP contribution in [0.25, 0.3) is 22.2 Å². The molecule has 0 saturated carbocycles. The molecular weight excluding hydrogens is 314 g/mol. The molecule has 3 rings (SSSR count). The van der Waals surface area contributed by atoms with Crippen LogP contribution in [0.2, 0.25) is 0 Å². The van der Waals surface area contributed by atoms with E-state index in [0.717, 1.165) is 27.7 Å². The number of fused-ring (bicyclic) bond motifs is 1. The van der Waals surface area contributed by atoms with E-state index in [0.29, 0.717) is 6.42 Å². The molecule has 0 aliphatic heterocycles. The highest BCUT2D eigenvalue weighted by atomic mass is 16.6. The predicted molar refractivity (Wildman–Crippen MR) is 99.8 cm³/mol. The molecule has 0 unspecified atom stereocenters. The van der Waals surface area contributed by atoms with Crippen molar-refractivity contribution in [3.8, 4) is 11.3 Å². The van der Waals surface area contributed by atoms with Gasteiger partial charge in [-0.1, -0.05) is 48.5 Å². The first-order valence-corrected chi connectivity index (χ1v) is 8.44. The molecule has 4 heteroatoms. The lowest BCUT2D eigenvalue weighted by molar-refractivity contribution is 0.0547. The molecule has 0 spiro atoms. The average molecular weight is 337 g/mol. The standard InChI is InChI=1S/C21H23NO3/c1-21(2,3)25-20(24)22-18-12-8-7-11-16(18)17(13-14-23)19(22)15-9-5-4-6-10-15/h4-12,23H,13-14H2,1-3H3. The second kappa shape index (κ2) is 6.73. The molecule has 1 N–H and O–H groups in total. The summed E-state index contributed by atoms with van der Waals surface area (Å²) in [5.41, 5.74) is 2.86. The molecule has 0 atom stereocenters. The van der Waals surface area contributed by atoms with Crippen molar-refractivity contribution in [3.63, 3.8) is 0 Å². The maximum Gasteiger partial charge on any atom is 0.419 e. The number of benzene rings is 2. The summed E-state index contributed by atoms with van der Waals surface area (Å²) in [7, 11) is 0. The Morgan fingerprint density at radius 3 is 2.32 bits per heavy atom. The van der Waals surface area contributed by atoms with E-state index >= 15 is 0 Å². The number of nitrogens with zero attached hydrogens (tertiary/aromatic N) is 1. The van der Waals surface area contributed by atoms with Crippen molar-refractivity contribution in [2.75, 3.05) is 6.61 Å². The van der Waals surface area contributed by atoms with Crippen LogP contribution in [0, 0.1) is 0 Å². The van der Waals surface area contributed by atoms with Crippen LogP contribution in [0.15, 0.2) is 54.6 Å². The monoisotopic (exact) mass is 337 g/mol. The second-order valence-corrected chi connectivity index (χ2v) is 7.00. The van der Waals surface area contributed by atoms with Crippen LogP contribution >= 0.6 is 0 Å². The minimum Gasteiger partial charge on any atom is -0.443 e. The van der Waals surface area contributed by atoms with Crippen molar-refractivity contribution in [1.82, 2.24) is 4.57 Å². The van der Waals surface area contributed by atoms with Crippen LogP contribution in [0.5, 0.6) is 0 Å². The van der Waals surface area contributed by atoms with Gasteiger partial charge in [0.1, 0.15) is 5.60 Å². The third-order valence-corrected chi connectivity index (χ3v) is 3.96. The lowest BCUT2D eigenvalue weighted by Crippen LogP contribution is -2.27. The molecule has 0 aliphatic rings. The molecule has 1 heterocycles. The molecule has 0 radical (unpaired) electrons. The topological polar surface area (TPSA) is 51.5 Å². The summed E-state index contributed by atoms with van der Waals surface area (Å²) < 4.78 is 7.27. The van der Waals surface area contributed by atoms with Gasteiger partial charge in [-0.25, -0.2) is 9.36 Å². The lowest BCUT2D eigenvalue weighted by atomic mass is 10.0. The first-order valence-electron chi connectivity index (χ1n) is 8.44. The van der Waals surface area contributed by atoms with E-state index in [1.807, 2.05) is 75.4 Å². The van der Waals surface area contributed by atoms with Crippen LogP contribution in [-0.4, -0.2) is 28.0 Å². The van der Waals surface area contributed by atoms with Crippen molar-refractivity contribution >= 4 is 17.0 Å². The summed E-state index contributed by atoms with van der Waals surface area (Å²) >= 11 is 0. The van der Waals surface area contributed by atoms with Gasteiger partial charge in [0.05, 0.1) is 11.2 Å². The minimum absolute atomic E-state index is 0.0160. The molecule has 0 bridgehead atoms. The molecule has 0 aliphatic carbocycles. The van der Waals surface area contributed by atoms with Crippen molar-refractivity contribution in [3.05, 3.63) is 60.2 Å². The number of ether oxygens (including phenoxy) is 1. The number of aromatic nitrogens is 1. The number of carbonyl (C=O) groups excluding carboxylic acids is 1. The van der Waals surface area contributed by atoms with Gasteiger partial charge < -0.3 is 9.84 Å². The molecule has 2 aromatic carbocycles. The Kier molecular flexibility index (Phi) is 4.64. The Labute approximate surface area is 147 Å². The van der Waals surface area contributed by atoms with Gasteiger partial charge in [0.25, 0.3) is 0 Å². The molecule has 3 aromatic rings. The Hall–Kier alpha value is -2.59. The average Bonchev–Trinajstić information content (AvgIpc) is 2.89. The third kappa shape index (κ3) is 3.44. The van der Waals surface area contributed by atoms with Crippen LogP contribution < -0.4 is 0 Å². The first kappa shape index (κ1) is 17.2. The van der Waals surface area contributed by atoms with Gasteiger partial charge >= 0.3 is 6.09 Å². The molecule has 0 amide bonds. The van der Waals surface area contributed by atoms with E-state index in [-0.39, 0.29) is 6.61 Å². The highest BCUT2D eigenvalue weighted by molar-refractivity contribution is 5.99. The van der Waals surface area contributed by atoms with Gasteiger partial charge in [-0.3, -0.25) is 0 Å². The highest BCUT2D eigenvalue weighted by Crippen LogP contribution is 2.34. The number of hydrogen-bond donors (Lipinski definition) is 1. The largest absolute Gasteiger partial charge is 0.443 e. The van der Waals surface area contributed by atoms with Crippen molar-refractivity contribution in [2.45, 2.75) is 32.8 Å². The number of aliphatic hydroxyl groups excluding tert-OH is 1. The van der Waals surface area contributed by atoms with E-state index in [1.54, 1.807) is 4.57 Å². The van der Waals surface area contributed by atoms with Gasteiger partial charge in [-0.2, -0.15) is 0 Å². The number of aliphatic hydroxyl groups is 1. The minimum atomic E-state index is -0.590. The van der Waals surface area contributed by atoms with Gasteiger partial charge in [-0.15, -0.1) is 0 Å². The Balaban J connectivity index is 2.31. The fraction of sp³-hybridized carbons (Fsp3) is 0.286. The summed E-state index contributed by atoms with van der Waals surface area (Å²) in [5, 5.41) is 10.5.